The molecule has 0 heterocycles. The summed E-state index contributed by atoms with van der Waals surface area (Å²) in [5.41, 5.74) is 1.66. The third-order valence-electron chi connectivity index (χ3n) is 3.11. The Bertz CT molecular complexity index is 596. The van der Waals surface area contributed by atoms with Crippen LogP contribution in [0, 0.1) is 18.6 Å². The van der Waals surface area contributed by atoms with Crippen molar-refractivity contribution in [2.24, 2.45) is 0 Å². The number of rotatable bonds is 4. The molecule has 0 bridgehead atoms. The summed E-state index contributed by atoms with van der Waals surface area (Å²) in [5, 5.41) is 3.01. The predicted molar refractivity (Wildman–Crippen MR) is 82.0 cm³/mol. The van der Waals surface area contributed by atoms with Crippen LogP contribution < -0.4 is 5.32 Å². The first kappa shape index (κ1) is 15.0. The van der Waals surface area contributed by atoms with Gasteiger partial charge in [0.15, 0.2) is 0 Å². The number of hydrogen-bond acceptors (Lipinski definition) is 1. The lowest BCUT2D eigenvalue weighted by molar-refractivity contribution is 0.592. The molecule has 1 N–H and O–H groups in total. The molecule has 4 heteroatoms. The molecule has 2 rings (SSSR count). The van der Waals surface area contributed by atoms with Crippen LogP contribution in [0.2, 0.25) is 0 Å². The zero-order valence-corrected chi connectivity index (χ0v) is 13.0. The molecule has 20 heavy (non-hydrogen) atoms. The third kappa shape index (κ3) is 3.79. The predicted octanol–water partition coefficient (Wildman–Crippen LogP) is 5.08. The number of hydrogen-bond donors (Lipinski definition) is 1. The Balaban J connectivity index is 2.06. The second-order valence-corrected chi connectivity index (χ2v) is 5.87. The van der Waals surface area contributed by atoms with E-state index in [4.69, 9.17) is 0 Å². The topological polar surface area (TPSA) is 12.0 Å². The van der Waals surface area contributed by atoms with E-state index < -0.39 is 11.6 Å². The molecule has 106 valence electrons. The highest BCUT2D eigenvalue weighted by Crippen LogP contribution is 2.20. The molecule has 1 atom stereocenters. The maximum Gasteiger partial charge on any atom is 0.146 e. The van der Waals surface area contributed by atoms with E-state index in [0.29, 0.717) is 5.56 Å². The Labute approximate surface area is 126 Å². The van der Waals surface area contributed by atoms with Gasteiger partial charge in [-0.1, -0.05) is 28.1 Å². The van der Waals surface area contributed by atoms with Gasteiger partial charge in [-0.05, 0) is 49.6 Å². The van der Waals surface area contributed by atoms with E-state index >= 15 is 0 Å². The van der Waals surface area contributed by atoms with Crippen LogP contribution in [0.25, 0.3) is 0 Å². The summed E-state index contributed by atoms with van der Waals surface area (Å²) < 4.78 is 28.2. The summed E-state index contributed by atoms with van der Waals surface area (Å²) in [5.74, 6) is -0.823. The molecule has 0 fully saturated rings. The molecule has 0 amide bonds. The van der Waals surface area contributed by atoms with Crippen LogP contribution in [-0.4, -0.2) is 6.04 Å². The Hall–Kier alpha value is -1.42. The van der Waals surface area contributed by atoms with Crippen LogP contribution in [0.4, 0.5) is 14.5 Å². The highest BCUT2D eigenvalue weighted by atomic mass is 79.9. The van der Waals surface area contributed by atoms with Crippen molar-refractivity contribution in [2.45, 2.75) is 26.3 Å². The van der Waals surface area contributed by atoms with Gasteiger partial charge in [-0.15, -0.1) is 0 Å². The second kappa shape index (κ2) is 6.35. The molecule has 0 radical (unpaired) electrons. The number of nitrogens with one attached hydrogen (secondary N) is 1. The first-order chi connectivity index (χ1) is 9.45. The zero-order chi connectivity index (χ0) is 14.7. The van der Waals surface area contributed by atoms with Gasteiger partial charge < -0.3 is 5.32 Å². The largest absolute Gasteiger partial charge is 0.380 e. The summed E-state index contributed by atoms with van der Waals surface area (Å²) in [4.78, 5) is 0. The molecule has 1 nitrogen and oxygen atoms in total. The van der Waals surface area contributed by atoms with Crippen LogP contribution in [0.3, 0.4) is 0 Å². The molecule has 0 aliphatic carbocycles. The molecule has 0 saturated carbocycles. The normalized spacial score (nSPS) is 12.2. The van der Waals surface area contributed by atoms with Crippen molar-refractivity contribution in [3.63, 3.8) is 0 Å². The average Bonchev–Trinajstić information content (AvgIpc) is 2.39. The quantitative estimate of drug-likeness (QED) is 0.819. The van der Waals surface area contributed by atoms with E-state index in [1.807, 2.05) is 31.2 Å². The molecule has 0 aliphatic heterocycles. The van der Waals surface area contributed by atoms with E-state index in [9.17, 15) is 8.78 Å². The van der Waals surface area contributed by atoms with Gasteiger partial charge in [-0.3, -0.25) is 0 Å². The summed E-state index contributed by atoms with van der Waals surface area (Å²) in [7, 11) is 0. The number of aryl methyl sites for hydroxylation is 1. The Kier molecular flexibility index (Phi) is 4.76. The summed E-state index contributed by atoms with van der Waals surface area (Å²) >= 11 is 3.38. The monoisotopic (exact) mass is 339 g/mol. The Morgan fingerprint density at radius 1 is 1.10 bits per heavy atom. The van der Waals surface area contributed by atoms with Crippen molar-refractivity contribution in [1.29, 1.82) is 0 Å². The molecule has 1 unspecified atom stereocenters. The fourth-order valence-corrected chi connectivity index (χ4v) is 2.31. The van der Waals surface area contributed by atoms with Crippen LogP contribution in [0.1, 0.15) is 18.1 Å². The zero-order valence-electron chi connectivity index (χ0n) is 11.4. The molecule has 0 aromatic heterocycles. The van der Waals surface area contributed by atoms with Crippen LogP contribution >= 0.6 is 15.9 Å². The van der Waals surface area contributed by atoms with Crippen molar-refractivity contribution in [2.75, 3.05) is 5.32 Å². The van der Waals surface area contributed by atoms with Crippen molar-refractivity contribution in [3.8, 4) is 0 Å². The summed E-state index contributed by atoms with van der Waals surface area (Å²) in [6.07, 6.45) is 0.738. The lowest BCUT2D eigenvalue weighted by atomic mass is 10.1. The lowest BCUT2D eigenvalue weighted by Crippen LogP contribution is -2.19. The number of halogens is 3. The summed E-state index contributed by atoms with van der Waals surface area (Å²) in [6.45, 7) is 3.49. The molecule has 2 aromatic carbocycles. The standard InChI is InChI=1S/C16H16BrF2N/c1-10-7-15(19)16(9-14(10)18)20-11(2)8-12-3-5-13(17)6-4-12/h3-7,9,11,20H,8H2,1-2H3. The van der Waals surface area contributed by atoms with Crippen molar-refractivity contribution >= 4 is 21.6 Å². The minimum atomic E-state index is -0.424. The minimum Gasteiger partial charge on any atom is -0.380 e. The van der Waals surface area contributed by atoms with Gasteiger partial charge in [-0.2, -0.15) is 0 Å². The van der Waals surface area contributed by atoms with Gasteiger partial charge in [0.25, 0.3) is 0 Å². The van der Waals surface area contributed by atoms with Crippen molar-refractivity contribution < 1.29 is 8.78 Å². The second-order valence-electron chi connectivity index (χ2n) is 4.96. The number of benzene rings is 2. The molecule has 0 aliphatic rings. The maximum atomic E-state index is 13.7. The van der Waals surface area contributed by atoms with Gasteiger partial charge in [0, 0.05) is 16.6 Å². The van der Waals surface area contributed by atoms with Gasteiger partial charge in [0.2, 0.25) is 0 Å². The van der Waals surface area contributed by atoms with E-state index in [1.54, 1.807) is 6.92 Å². The first-order valence-corrected chi connectivity index (χ1v) is 7.21. The minimum absolute atomic E-state index is 0.00721. The Morgan fingerprint density at radius 2 is 1.75 bits per heavy atom. The lowest BCUT2D eigenvalue weighted by Gasteiger charge is -2.16. The van der Waals surface area contributed by atoms with Crippen molar-refractivity contribution in [1.82, 2.24) is 0 Å². The summed E-state index contributed by atoms with van der Waals surface area (Å²) in [6, 6.07) is 10.4. The highest BCUT2D eigenvalue weighted by molar-refractivity contribution is 9.10. The van der Waals surface area contributed by atoms with Crippen LogP contribution in [-0.2, 0) is 6.42 Å². The fraction of sp³-hybridized carbons (Fsp3) is 0.250. The smallest absolute Gasteiger partial charge is 0.146 e. The highest BCUT2D eigenvalue weighted by Gasteiger charge is 2.10. The average molecular weight is 340 g/mol. The van der Waals surface area contributed by atoms with E-state index in [0.717, 1.165) is 16.5 Å². The van der Waals surface area contributed by atoms with Gasteiger partial charge >= 0.3 is 0 Å². The Morgan fingerprint density at radius 3 is 2.40 bits per heavy atom. The molecule has 0 spiro atoms. The molecule has 2 aromatic rings. The van der Waals surface area contributed by atoms with Gasteiger partial charge in [-0.25, -0.2) is 8.78 Å². The number of anilines is 1. The molecule has 0 saturated heterocycles. The van der Waals surface area contributed by atoms with E-state index in [1.165, 1.54) is 12.1 Å². The van der Waals surface area contributed by atoms with Gasteiger partial charge in [0.05, 0.1) is 5.69 Å². The molecular weight excluding hydrogens is 324 g/mol. The third-order valence-corrected chi connectivity index (χ3v) is 3.63. The van der Waals surface area contributed by atoms with Crippen LogP contribution in [0.15, 0.2) is 40.9 Å². The fourth-order valence-electron chi connectivity index (χ4n) is 2.05. The first-order valence-electron chi connectivity index (χ1n) is 6.42. The van der Waals surface area contributed by atoms with Gasteiger partial charge in [0.1, 0.15) is 11.6 Å². The van der Waals surface area contributed by atoms with E-state index in [2.05, 4.69) is 21.2 Å². The molecular formula is C16H16BrF2N. The maximum absolute atomic E-state index is 13.7. The van der Waals surface area contributed by atoms with Crippen molar-refractivity contribution in [3.05, 3.63) is 63.6 Å². The van der Waals surface area contributed by atoms with E-state index in [-0.39, 0.29) is 11.7 Å². The van der Waals surface area contributed by atoms with Crippen LogP contribution in [0.5, 0.6) is 0 Å². The SMILES string of the molecule is Cc1cc(F)c(NC(C)Cc2ccc(Br)cc2)cc1F.